The molecule has 0 amide bonds. The van der Waals surface area contributed by atoms with E-state index in [9.17, 15) is 0 Å². The van der Waals surface area contributed by atoms with Crippen LogP contribution in [-0.4, -0.2) is 59.8 Å². The average molecular weight is 629 g/mol. The van der Waals surface area contributed by atoms with Gasteiger partial charge >= 0.3 is 0 Å². The third-order valence-electron chi connectivity index (χ3n) is 11.3. The lowest BCUT2D eigenvalue weighted by Crippen LogP contribution is -2.45. The van der Waals surface area contributed by atoms with E-state index in [1.165, 1.54) is 80.2 Å². The number of rotatable bonds is 9. The Bertz CT molecular complexity index is 1390. The van der Waals surface area contributed by atoms with Gasteiger partial charge in [-0.25, -0.2) is 0 Å². The molecule has 4 aromatic carbocycles. The lowest BCUT2D eigenvalue weighted by molar-refractivity contribution is -0.0470. The summed E-state index contributed by atoms with van der Waals surface area (Å²) in [6, 6.07) is 45.5. The normalized spacial score (nSPS) is 27.1. The highest BCUT2D eigenvalue weighted by Gasteiger charge is 2.41. The molecule has 4 heteroatoms. The minimum atomic E-state index is 0.0463. The van der Waals surface area contributed by atoms with Gasteiger partial charge in [-0.3, -0.25) is 4.90 Å². The topological polar surface area (TPSA) is 24.9 Å². The molecular weight excluding hydrogens is 576 g/mol. The van der Waals surface area contributed by atoms with E-state index in [-0.39, 0.29) is 12.2 Å². The monoisotopic (exact) mass is 628 g/mol. The molecule has 0 saturated carbocycles. The van der Waals surface area contributed by atoms with Crippen LogP contribution in [0.25, 0.3) is 0 Å². The van der Waals surface area contributed by atoms with Crippen LogP contribution in [0.1, 0.15) is 92.8 Å². The van der Waals surface area contributed by atoms with Gasteiger partial charge in [0.15, 0.2) is 0 Å². The zero-order chi connectivity index (χ0) is 32.0. The first-order valence-corrected chi connectivity index (χ1v) is 18.1. The highest BCUT2D eigenvalue weighted by molar-refractivity contribution is 5.31. The van der Waals surface area contributed by atoms with Gasteiger partial charge in [-0.2, -0.15) is 0 Å². The van der Waals surface area contributed by atoms with Crippen molar-refractivity contribution in [3.63, 3.8) is 0 Å². The zero-order valence-corrected chi connectivity index (χ0v) is 28.2. The Morgan fingerprint density at radius 3 is 1.11 bits per heavy atom. The SMILES string of the molecule is CCN1[C@@H]2CC[C@H]1C[C@@H](OC(c1ccccc1)c1ccccc1)C2.CN1[C@@H]2CC[C@H]1C[C@@H](OC(c1ccccc1)c1ccccc1)C2. The van der Waals surface area contributed by atoms with Crippen molar-refractivity contribution in [3.05, 3.63) is 144 Å². The quantitative estimate of drug-likeness (QED) is 0.185. The number of piperidine rings is 2. The molecule has 4 saturated heterocycles. The van der Waals surface area contributed by atoms with Gasteiger partial charge in [0.1, 0.15) is 12.2 Å². The van der Waals surface area contributed by atoms with E-state index < -0.39 is 0 Å². The Balaban J connectivity index is 0.000000150. The summed E-state index contributed by atoms with van der Waals surface area (Å²) in [5.41, 5.74) is 5.03. The maximum atomic E-state index is 6.71. The van der Waals surface area contributed by atoms with E-state index in [1.807, 2.05) is 0 Å². The van der Waals surface area contributed by atoms with Crippen molar-refractivity contribution in [2.24, 2.45) is 0 Å². The van der Waals surface area contributed by atoms with E-state index in [1.54, 1.807) is 0 Å². The molecule has 246 valence electrons. The Morgan fingerprint density at radius 2 is 0.787 bits per heavy atom. The number of hydrogen-bond donors (Lipinski definition) is 0. The number of hydrogen-bond acceptors (Lipinski definition) is 4. The molecule has 4 aliphatic heterocycles. The summed E-state index contributed by atoms with van der Waals surface area (Å²) >= 11 is 0. The molecule has 0 aliphatic carbocycles. The van der Waals surface area contributed by atoms with Crippen LogP contribution in [0.5, 0.6) is 0 Å². The summed E-state index contributed by atoms with van der Waals surface area (Å²) in [5.74, 6) is 0. The van der Waals surface area contributed by atoms with Gasteiger partial charge in [-0.05, 0) is 87.2 Å². The molecule has 8 rings (SSSR count). The smallest absolute Gasteiger partial charge is 0.108 e. The standard InChI is InChI=1S/C22H27NO.C21H25NO/c1-2-23-19-13-14-20(23)16-21(15-19)24-22(17-9-5-3-6-10-17)18-11-7-4-8-12-18;1-22-18-12-13-19(22)15-20(14-18)23-21(16-8-4-2-5-9-16)17-10-6-3-7-11-17/h3-12,19-22H,2,13-16H2,1H3;2-11,18-21H,12-15H2,1H3/t19-,20+,21+;18-,19+,20+. The largest absolute Gasteiger partial charge is 0.365 e. The average Bonchev–Trinajstić information content (AvgIpc) is 3.49. The second-order valence-corrected chi connectivity index (χ2v) is 14.1. The van der Waals surface area contributed by atoms with Crippen molar-refractivity contribution in [3.8, 4) is 0 Å². The van der Waals surface area contributed by atoms with Gasteiger partial charge in [0, 0.05) is 24.2 Å². The summed E-state index contributed by atoms with van der Waals surface area (Å²) < 4.78 is 13.4. The van der Waals surface area contributed by atoms with E-state index in [0.717, 1.165) is 12.1 Å². The van der Waals surface area contributed by atoms with E-state index in [2.05, 4.69) is 145 Å². The molecule has 0 unspecified atom stereocenters. The first kappa shape index (κ1) is 32.3. The Morgan fingerprint density at radius 1 is 0.489 bits per heavy atom. The Kier molecular flexibility index (Phi) is 10.5. The molecule has 47 heavy (non-hydrogen) atoms. The summed E-state index contributed by atoms with van der Waals surface area (Å²) in [6.07, 6.45) is 10.9. The minimum Gasteiger partial charge on any atom is -0.365 e. The van der Waals surface area contributed by atoms with Crippen molar-refractivity contribution >= 4 is 0 Å². The maximum absolute atomic E-state index is 6.71. The highest BCUT2D eigenvalue weighted by atomic mass is 16.5. The van der Waals surface area contributed by atoms with Crippen molar-refractivity contribution < 1.29 is 9.47 Å². The second kappa shape index (κ2) is 15.3. The predicted octanol–water partition coefficient (Wildman–Crippen LogP) is 9.23. The van der Waals surface area contributed by atoms with Crippen LogP contribution in [0.4, 0.5) is 0 Å². The van der Waals surface area contributed by atoms with Crippen LogP contribution in [-0.2, 0) is 9.47 Å². The molecule has 0 radical (unpaired) electrons. The third-order valence-corrected chi connectivity index (χ3v) is 11.3. The fourth-order valence-electron chi connectivity index (χ4n) is 8.92. The molecule has 0 spiro atoms. The van der Waals surface area contributed by atoms with Crippen molar-refractivity contribution in [2.75, 3.05) is 13.6 Å². The van der Waals surface area contributed by atoms with Gasteiger partial charge in [0.25, 0.3) is 0 Å². The van der Waals surface area contributed by atoms with Crippen molar-refractivity contribution in [2.45, 2.75) is 107 Å². The van der Waals surface area contributed by atoms with Crippen LogP contribution in [0.2, 0.25) is 0 Å². The number of ether oxygens (including phenoxy) is 2. The van der Waals surface area contributed by atoms with E-state index in [4.69, 9.17) is 9.47 Å². The van der Waals surface area contributed by atoms with Crippen molar-refractivity contribution in [1.82, 2.24) is 9.80 Å². The Hall–Kier alpha value is -3.28. The van der Waals surface area contributed by atoms with Gasteiger partial charge in [0.2, 0.25) is 0 Å². The van der Waals surface area contributed by atoms with Crippen molar-refractivity contribution in [1.29, 1.82) is 0 Å². The molecule has 4 aromatic rings. The molecule has 4 bridgehead atoms. The first-order valence-electron chi connectivity index (χ1n) is 18.1. The highest BCUT2D eigenvalue weighted by Crippen LogP contribution is 2.40. The van der Waals surface area contributed by atoms with Crippen LogP contribution >= 0.6 is 0 Å². The van der Waals surface area contributed by atoms with Crippen LogP contribution < -0.4 is 0 Å². The first-order chi connectivity index (χ1) is 23.2. The van der Waals surface area contributed by atoms with Crippen LogP contribution in [0.3, 0.4) is 0 Å². The fraction of sp³-hybridized carbons (Fsp3) is 0.442. The molecule has 4 heterocycles. The second-order valence-electron chi connectivity index (χ2n) is 14.1. The van der Waals surface area contributed by atoms with Gasteiger partial charge in [-0.1, -0.05) is 128 Å². The number of benzene rings is 4. The zero-order valence-electron chi connectivity index (χ0n) is 28.2. The minimum absolute atomic E-state index is 0.0463. The fourth-order valence-corrected chi connectivity index (χ4v) is 8.92. The lowest BCUT2D eigenvalue weighted by atomic mass is 9.97. The number of fused-ring (bicyclic) bond motifs is 4. The van der Waals surface area contributed by atoms with Crippen LogP contribution in [0.15, 0.2) is 121 Å². The Labute approximate surface area is 282 Å². The summed E-state index contributed by atoms with van der Waals surface area (Å²) in [5, 5.41) is 0. The lowest BCUT2D eigenvalue weighted by Gasteiger charge is -2.39. The van der Waals surface area contributed by atoms with E-state index >= 15 is 0 Å². The molecule has 0 N–H and O–H groups in total. The maximum Gasteiger partial charge on any atom is 0.108 e. The van der Waals surface area contributed by atoms with E-state index in [0.29, 0.717) is 24.3 Å². The van der Waals surface area contributed by atoms with Gasteiger partial charge in [0.05, 0.1) is 12.2 Å². The summed E-state index contributed by atoms with van der Waals surface area (Å²) in [6.45, 7) is 3.48. The van der Waals surface area contributed by atoms with Gasteiger partial charge < -0.3 is 14.4 Å². The predicted molar refractivity (Wildman–Crippen MR) is 191 cm³/mol. The van der Waals surface area contributed by atoms with Gasteiger partial charge in [-0.15, -0.1) is 0 Å². The van der Waals surface area contributed by atoms with Crippen LogP contribution in [0, 0.1) is 0 Å². The number of nitrogens with zero attached hydrogens (tertiary/aromatic N) is 2. The molecule has 4 nitrogen and oxygen atoms in total. The molecule has 6 atom stereocenters. The molecule has 4 fully saturated rings. The molecule has 4 aliphatic rings. The summed E-state index contributed by atoms with van der Waals surface area (Å²) in [7, 11) is 2.28. The summed E-state index contributed by atoms with van der Waals surface area (Å²) in [4.78, 5) is 5.26. The molecular formula is C43H52N2O2. The third kappa shape index (κ3) is 7.57. The molecule has 0 aromatic heterocycles.